The lowest BCUT2D eigenvalue weighted by Gasteiger charge is -2.12. The van der Waals surface area contributed by atoms with Crippen LogP contribution in [-0.4, -0.2) is 53.9 Å². The molecule has 0 aliphatic rings. The van der Waals surface area contributed by atoms with Crippen LogP contribution in [0.4, 0.5) is 0 Å². The van der Waals surface area contributed by atoms with Gasteiger partial charge in [-0.3, -0.25) is 0 Å². The van der Waals surface area contributed by atoms with Gasteiger partial charge in [-0.15, -0.1) is 0 Å². The molecule has 2 aromatic rings. The number of hydrogen-bond donors (Lipinski definition) is 1. The number of aliphatic hydroxyl groups is 1. The number of benzene rings is 2. The zero-order chi connectivity index (χ0) is 22.1. The molecule has 0 amide bonds. The van der Waals surface area contributed by atoms with Crippen LogP contribution < -0.4 is 28.4 Å². The largest absolute Gasteiger partial charge is 0.493 e. The van der Waals surface area contributed by atoms with E-state index in [9.17, 15) is 5.11 Å². The van der Waals surface area contributed by atoms with Crippen LogP contribution in [0.2, 0.25) is 0 Å². The van der Waals surface area contributed by atoms with Gasteiger partial charge in [0.1, 0.15) is 0 Å². The molecule has 0 aromatic heterocycles. The summed E-state index contributed by atoms with van der Waals surface area (Å²) in [6, 6.07) is 6.75. The van der Waals surface area contributed by atoms with Crippen LogP contribution in [0.25, 0.3) is 0 Å². The highest BCUT2D eigenvalue weighted by atomic mass is 16.5. The van der Waals surface area contributed by atoms with Crippen LogP contribution in [0.3, 0.4) is 0 Å². The highest BCUT2D eigenvalue weighted by Crippen LogP contribution is 2.38. The number of ether oxygens (including phenoxy) is 6. The van der Waals surface area contributed by atoms with E-state index < -0.39 is 6.10 Å². The first-order valence-corrected chi connectivity index (χ1v) is 8.82. The highest BCUT2D eigenvalue weighted by molar-refractivity contribution is 5.59. The van der Waals surface area contributed by atoms with E-state index in [1.54, 1.807) is 24.3 Å². The quantitative estimate of drug-likeness (QED) is 0.731. The molecule has 158 valence electrons. The summed E-state index contributed by atoms with van der Waals surface area (Å²) >= 11 is 0. The van der Waals surface area contributed by atoms with Crippen molar-refractivity contribution in [1.29, 1.82) is 0 Å². The van der Waals surface area contributed by atoms with E-state index in [4.69, 9.17) is 28.4 Å². The van der Waals surface area contributed by atoms with Crippen molar-refractivity contribution in [2.75, 3.05) is 42.7 Å². The van der Waals surface area contributed by atoms with Gasteiger partial charge in [-0.25, -0.2) is 0 Å². The van der Waals surface area contributed by atoms with E-state index in [1.807, 2.05) is 0 Å². The number of aliphatic hydroxyl groups excluding tert-OH is 1. The number of methoxy groups -OCH3 is 6. The second kappa shape index (κ2) is 10.8. The van der Waals surface area contributed by atoms with Gasteiger partial charge >= 0.3 is 0 Å². The second-order valence-corrected chi connectivity index (χ2v) is 5.77. The summed E-state index contributed by atoms with van der Waals surface area (Å²) in [5.41, 5.74) is 1.16. The lowest BCUT2D eigenvalue weighted by Crippen LogP contribution is -1.99. The zero-order valence-corrected chi connectivity index (χ0v) is 17.8. The molecule has 0 heterocycles. The zero-order valence-electron chi connectivity index (χ0n) is 17.8. The fraction of sp³-hybridized carbons (Fsp3) is 0.304. The molecule has 0 bridgehead atoms. The molecule has 0 saturated heterocycles. The average Bonchev–Trinajstić information content (AvgIpc) is 2.79. The van der Waals surface area contributed by atoms with Crippen molar-refractivity contribution in [3.05, 3.63) is 35.4 Å². The van der Waals surface area contributed by atoms with E-state index >= 15 is 0 Å². The maximum absolute atomic E-state index is 10.2. The Morgan fingerprint density at radius 2 is 0.867 bits per heavy atom. The third-order valence-electron chi connectivity index (χ3n) is 4.04. The summed E-state index contributed by atoms with van der Waals surface area (Å²) in [6.45, 7) is 0. The standard InChI is InChI=1S/C23H24O7/c1-25-18-11-15(12-19(26-2)22(18)29-5)7-9-17(24)10-8-16-13-20(27-3)23(30-6)21(14-16)28-4/h11-14,17,24H,1-6H3. The molecule has 0 saturated carbocycles. The lowest BCUT2D eigenvalue weighted by molar-refractivity contribution is 0.289. The molecular weight excluding hydrogens is 388 g/mol. The first-order chi connectivity index (χ1) is 14.5. The van der Waals surface area contributed by atoms with Crippen molar-refractivity contribution in [2.45, 2.75) is 6.10 Å². The van der Waals surface area contributed by atoms with Crippen molar-refractivity contribution in [2.24, 2.45) is 0 Å². The molecular formula is C23H24O7. The lowest BCUT2D eigenvalue weighted by atomic mass is 10.1. The van der Waals surface area contributed by atoms with Crippen molar-refractivity contribution in [3.8, 4) is 58.2 Å². The van der Waals surface area contributed by atoms with Gasteiger partial charge in [-0.05, 0) is 24.3 Å². The topological polar surface area (TPSA) is 75.6 Å². The Bertz CT molecular complexity index is 874. The monoisotopic (exact) mass is 412 g/mol. The summed E-state index contributed by atoms with van der Waals surface area (Å²) in [5, 5.41) is 10.2. The van der Waals surface area contributed by atoms with E-state index in [1.165, 1.54) is 42.7 Å². The first-order valence-electron chi connectivity index (χ1n) is 8.82. The summed E-state index contributed by atoms with van der Waals surface area (Å²) in [6.07, 6.45) is -1.18. The molecule has 7 nitrogen and oxygen atoms in total. The normalized spacial score (nSPS) is 9.60. The van der Waals surface area contributed by atoms with E-state index in [-0.39, 0.29) is 0 Å². The fourth-order valence-corrected chi connectivity index (χ4v) is 2.65. The minimum atomic E-state index is -1.18. The molecule has 2 rings (SSSR count). The third kappa shape index (κ3) is 5.22. The van der Waals surface area contributed by atoms with E-state index in [2.05, 4.69) is 23.7 Å². The van der Waals surface area contributed by atoms with E-state index in [0.717, 1.165) is 0 Å². The fourth-order valence-electron chi connectivity index (χ4n) is 2.65. The van der Waals surface area contributed by atoms with Gasteiger partial charge in [-0.2, -0.15) is 0 Å². The van der Waals surface area contributed by atoms with Gasteiger partial charge in [0.25, 0.3) is 0 Å². The maximum atomic E-state index is 10.2. The van der Waals surface area contributed by atoms with Crippen LogP contribution >= 0.6 is 0 Å². The Balaban J connectivity index is 2.30. The summed E-state index contributed by atoms with van der Waals surface area (Å²) in [5.74, 6) is 13.9. The summed E-state index contributed by atoms with van der Waals surface area (Å²) in [4.78, 5) is 0. The molecule has 0 fully saturated rings. The molecule has 0 aliphatic carbocycles. The molecule has 0 atom stereocenters. The molecule has 0 radical (unpaired) electrons. The Morgan fingerprint density at radius 1 is 0.567 bits per heavy atom. The predicted octanol–water partition coefficient (Wildman–Crippen LogP) is 2.50. The van der Waals surface area contributed by atoms with Crippen LogP contribution in [0.5, 0.6) is 34.5 Å². The molecule has 0 spiro atoms. The van der Waals surface area contributed by atoms with Gasteiger partial charge in [0.05, 0.1) is 42.7 Å². The Kier molecular flexibility index (Phi) is 8.10. The number of hydrogen-bond acceptors (Lipinski definition) is 7. The molecule has 30 heavy (non-hydrogen) atoms. The van der Waals surface area contributed by atoms with Gasteiger partial charge in [0.15, 0.2) is 29.1 Å². The van der Waals surface area contributed by atoms with Crippen molar-refractivity contribution in [3.63, 3.8) is 0 Å². The minimum absolute atomic E-state index is 0.466. The van der Waals surface area contributed by atoms with Crippen LogP contribution in [0.1, 0.15) is 11.1 Å². The van der Waals surface area contributed by atoms with Gasteiger partial charge in [0.2, 0.25) is 11.5 Å². The smallest absolute Gasteiger partial charge is 0.203 e. The second-order valence-electron chi connectivity index (χ2n) is 5.77. The van der Waals surface area contributed by atoms with Crippen LogP contribution in [0, 0.1) is 23.7 Å². The Hall–Kier alpha value is -3.68. The predicted molar refractivity (Wildman–Crippen MR) is 112 cm³/mol. The maximum Gasteiger partial charge on any atom is 0.203 e. The highest BCUT2D eigenvalue weighted by Gasteiger charge is 2.13. The van der Waals surface area contributed by atoms with Gasteiger partial charge in [0, 0.05) is 11.1 Å². The van der Waals surface area contributed by atoms with Crippen molar-refractivity contribution in [1.82, 2.24) is 0 Å². The SMILES string of the molecule is COc1cc(C#CC(O)C#Cc2cc(OC)c(OC)c(OC)c2)cc(OC)c1OC. The molecule has 2 aromatic carbocycles. The van der Waals surface area contributed by atoms with Gasteiger partial charge < -0.3 is 33.5 Å². The number of rotatable bonds is 6. The molecule has 1 N–H and O–H groups in total. The molecule has 0 unspecified atom stereocenters. The van der Waals surface area contributed by atoms with Crippen molar-refractivity contribution < 1.29 is 33.5 Å². The van der Waals surface area contributed by atoms with Crippen LogP contribution in [0.15, 0.2) is 24.3 Å². The Labute approximate surface area is 176 Å². The van der Waals surface area contributed by atoms with Gasteiger partial charge in [-0.1, -0.05) is 23.7 Å². The summed E-state index contributed by atoms with van der Waals surface area (Å²) in [7, 11) is 9.12. The Morgan fingerprint density at radius 3 is 1.10 bits per heavy atom. The van der Waals surface area contributed by atoms with Crippen molar-refractivity contribution >= 4 is 0 Å². The van der Waals surface area contributed by atoms with E-state index in [0.29, 0.717) is 45.6 Å². The minimum Gasteiger partial charge on any atom is -0.493 e. The third-order valence-corrected chi connectivity index (χ3v) is 4.04. The van der Waals surface area contributed by atoms with Crippen LogP contribution in [-0.2, 0) is 0 Å². The first kappa shape index (κ1) is 22.6. The average molecular weight is 412 g/mol. The summed E-state index contributed by atoms with van der Waals surface area (Å²) < 4.78 is 31.8. The molecule has 0 aliphatic heterocycles. The molecule has 7 heteroatoms.